The van der Waals surface area contributed by atoms with Crippen molar-refractivity contribution in [2.75, 3.05) is 24.5 Å². The van der Waals surface area contributed by atoms with Crippen LogP contribution in [0.5, 0.6) is 0 Å². The number of hydrogen-bond donors (Lipinski definition) is 1. The van der Waals surface area contributed by atoms with Gasteiger partial charge in [-0.15, -0.1) is 5.10 Å². The van der Waals surface area contributed by atoms with Crippen LogP contribution in [0.15, 0.2) is 4.42 Å². The Labute approximate surface area is 115 Å². The molecule has 1 saturated heterocycles. The molecule has 1 N–H and O–H groups in total. The van der Waals surface area contributed by atoms with Crippen molar-refractivity contribution in [1.29, 1.82) is 0 Å². The molecule has 5 nitrogen and oxygen atoms in total. The molecule has 0 aliphatic carbocycles. The summed E-state index contributed by atoms with van der Waals surface area (Å²) in [6, 6.07) is 0.807. The SMILES string of the molecule is CCNC(C)c1nnc(N2CCC(C(C)C)CC2)o1. The molecule has 1 aliphatic rings. The Morgan fingerprint density at radius 1 is 1.26 bits per heavy atom. The first-order valence-corrected chi connectivity index (χ1v) is 7.43. The van der Waals surface area contributed by atoms with Crippen LogP contribution in [0, 0.1) is 11.8 Å². The van der Waals surface area contributed by atoms with E-state index in [1.165, 1.54) is 12.8 Å². The highest BCUT2D eigenvalue weighted by molar-refractivity contribution is 5.25. The van der Waals surface area contributed by atoms with E-state index in [4.69, 9.17) is 4.42 Å². The van der Waals surface area contributed by atoms with Crippen molar-refractivity contribution in [3.05, 3.63) is 5.89 Å². The van der Waals surface area contributed by atoms with E-state index in [2.05, 4.69) is 41.2 Å². The van der Waals surface area contributed by atoms with Crippen LogP contribution in [0.4, 0.5) is 6.01 Å². The van der Waals surface area contributed by atoms with Crippen molar-refractivity contribution in [2.45, 2.75) is 46.6 Å². The van der Waals surface area contributed by atoms with Gasteiger partial charge in [-0.2, -0.15) is 0 Å². The van der Waals surface area contributed by atoms with Gasteiger partial charge in [0.15, 0.2) is 0 Å². The first-order chi connectivity index (χ1) is 9.11. The van der Waals surface area contributed by atoms with Crippen LogP contribution in [-0.2, 0) is 0 Å². The number of rotatable bonds is 5. The van der Waals surface area contributed by atoms with Gasteiger partial charge >= 0.3 is 6.01 Å². The molecule has 2 heterocycles. The summed E-state index contributed by atoms with van der Waals surface area (Å²) in [5, 5.41) is 11.6. The number of nitrogens with zero attached hydrogens (tertiary/aromatic N) is 3. The van der Waals surface area contributed by atoms with Gasteiger partial charge in [-0.25, -0.2) is 0 Å². The van der Waals surface area contributed by atoms with Gasteiger partial charge in [-0.05, 0) is 38.1 Å². The summed E-state index contributed by atoms with van der Waals surface area (Å²) >= 11 is 0. The lowest BCUT2D eigenvalue weighted by Gasteiger charge is -2.32. The topological polar surface area (TPSA) is 54.2 Å². The minimum Gasteiger partial charge on any atom is -0.406 e. The smallest absolute Gasteiger partial charge is 0.318 e. The highest BCUT2D eigenvalue weighted by atomic mass is 16.4. The maximum absolute atomic E-state index is 5.77. The first-order valence-electron chi connectivity index (χ1n) is 7.43. The molecule has 0 spiro atoms. The molecule has 108 valence electrons. The lowest BCUT2D eigenvalue weighted by Crippen LogP contribution is -2.35. The highest BCUT2D eigenvalue weighted by Gasteiger charge is 2.25. The third-order valence-corrected chi connectivity index (χ3v) is 4.06. The van der Waals surface area contributed by atoms with Crippen molar-refractivity contribution in [3.63, 3.8) is 0 Å². The fourth-order valence-electron chi connectivity index (χ4n) is 2.68. The van der Waals surface area contributed by atoms with E-state index in [0.717, 1.165) is 31.5 Å². The summed E-state index contributed by atoms with van der Waals surface area (Å²) in [6.07, 6.45) is 2.44. The number of hydrogen-bond acceptors (Lipinski definition) is 5. The Balaban J connectivity index is 1.93. The molecule has 0 bridgehead atoms. The van der Waals surface area contributed by atoms with E-state index in [-0.39, 0.29) is 6.04 Å². The van der Waals surface area contributed by atoms with E-state index in [0.29, 0.717) is 11.9 Å². The van der Waals surface area contributed by atoms with Crippen molar-refractivity contribution >= 4 is 6.01 Å². The van der Waals surface area contributed by atoms with Crippen LogP contribution < -0.4 is 10.2 Å². The quantitative estimate of drug-likeness (QED) is 0.888. The normalized spacial score (nSPS) is 19.1. The van der Waals surface area contributed by atoms with Crippen LogP contribution in [0.1, 0.15) is 52.5 Å². The van der Waals surface area contributed by atoms with E-state index >= 15 is 0 Å². The molecule has 1 aromatic heterocycles. The van der Waals surface area contributed by atoms with Crippen molar-refractivity contribution < 1.29 is 4.42 Å². The first kappa shape index (κ1) is 14.3. The molecule has 1 atom stereocenters. The fraction of sp³-hybridized carbons (Fsp3) is 0.857. The van der Waals surface area contributed by atoms with E-state index in [1.54, 1.807) is 0 Å². The largest absolute Gasteiger partial charge is 0.406 e. The van der Waals surface area contributed by atoms with Gasteiger partial charge in [-0.3, -0.25) is 0 Å². The van der Waals surface area contributed by atoms with E-state index < -0.39 is 0 Å². The van der Waals surface area contributed by atoms with Gasteiger partial charge in [0, 0.05) is 13.1 Å². The Bertz CT molecular complexity index is 383. The predicted molar refractivity (Wildman–Crippen MR) is 76.2 cm³/mol. The molecule has 1 aromatic rings. The average Bonchev–Trinajstić information content (AvgIpc) is 2.89. The summed E-state index contributed by atoms with van der Waals surface area (Å²) in [4.78, 5) is 2.22. The molecule has 2 rings (SSSR count). The lowest BCUT2D eigenvalue weighted by atomic mass is 9.87. The minimum absolute atomic E-state index is 0.124. The zero-order valence-electron chi connectivity index (χ0n) is 12.5. The third-order valence-electron chi connectivity index (χ3n) is 4.06. The van der Waals surface area contributed by atoms with Crippen molar-refractivity contribution in [2.24, 2.45) is 11.8 Å². The molecule has 0 amide bonds. The highest BCUT2D eigenvalue weighted by Crippen LogP contribution is 2.27. The lowest BCUT2D eigenvalue weighted by molar-refractivity contribution is 0.302. The second-order valence-corrected chi connectivity index (χ2v) is 5.77. The van der Waals surface area contributed by atoms with Crippen LogP contribution in [0.3, 0.4) is 0 Å². The molecule has 0 aromatic carbocycles. The van der Waals surface area contributed by atoms with Gasteiger partial charge in [0.1, 0.15) is 0 Å². The number of anilines is 1. The monoisotopic (exact) mass is 266 g/mol. The van der Waals surface area contributed by atoms with E-state index in [1.807, 2.05) is 6.92 Å². The maximum atomic E-state index is 5.77. The Morgan fingerprint density at radius 3 is 2.53 bits per heavy atom. The van der Waals surface area contributed by atoms with E-state index in [9.17, 15) is 0 Å². The Kier molecular flexibility index (Phi) is 4.80. The van der Waals surface area contributed by atoms with Gasteiger partial charge < -0.3 is 14.6 Å². The van der Waals surface area contributed by atoms with Crippen molar-refractivity contribution in [1.82, 2.24) is 15.5 Å². The number of nitrogens with one attached hydrogen (secondary N) is 1. The molecule has 1 aliphatic heterocycles. The maximum Gasteiger partial charge on any atom is 0.318 e. The summed E-state index contributed by atoms with van der Waals surface area (Å²) in [5.74, 6) is 2.29. The summed E-state index contributed by atoms with van der Waals surface area (Å²) in [7, 11) is 0. The fourth-order valence-corrected chi connectivity index (χ4v) is 2.68. The zero-order valence-corrected chi connectivity index (χ0v) is 12.5. The van der Waals surface area contributed by atoms with Crippen LogP contribution in [0.2, 0.25) is 0 Å². The molecule has 0 radical (unpaired) electrons. The van der Waals surface area contributed by atoms with Gasteiger partial charge in [0.25, 0.3) is 0 Å². The molecular formula is C14H26N4O. The minimum atomic E-state index is 0.124. The second-order valence-electron chi connectivity index (χ2n) is 5.77. The predicted octanol–water partition coefficient (Wildman–Crippen LogP) is 2.61. The average molecular weight is 266 g/mol. The zero-order chi connectivity index (χ0) is 13.8. The van der Waals surface area contributed by atoms with Crippen LogP contribution in [0.25, 0.3) is 0 Å². The molecule has 5 heteroatoms. The molecule has 1 unspecified atom stereocenters. The number of aromatic nitrogens is 2. The molecular weight excluding hydrogens is 240 g/mol. The van der Waals surface area contributed by atoms with Gasteiger partial charge in [-0.1, -0.05) is 25.9 Å². The third kappa shape index (κ3) is 3.47. The summed E-state index contributed by atoms with van der Waals surface area (Å²) < 4.78 is 5.77. The summed E-state index contributed by atoms with van der Waals surface area (Å²) in [5.41, 5.74) is 0. The molecule has 0 saturated carbocycles. The molecule has 1 fully saturated rings. The van der Waals surface area contributed by atoms with Crippen LogP contribution in [-0.4, -0.2) is 29.8 Å². The second kappa shape index (κ2) is 6.37. The Hall–Kier alpha value is -1.10. The molecule has 19 heavy (non-hydrogen) atoms. The number of piperidine rings is 1. The van der Waals surface area contributed by atoms with Crippen molar-refractivity contribution in [3.8, 4) is 0 Å². The van der Waals surface area contributed by atoms with Crippen LogP contribution >= 0.6 is 0 Å². The van der Waals surface area contributed by atoms with Gasteiger partial charge in [0.05, 0.1) is 6.04 Å². The van der Waals surface area contributed by atoms with Gasteiger partial charge in [0.2, 0.25) is 5.89 Å². The summed E-state index contributed by atoms with van der Waals surface area (Å²) in [6.45, 7) is 11.7. The Morgan fingerprint density at radius 2 is 1.95 bits per heavy atom. The standard InChI is InChI=1S/C14H26N4O/c1-5-15-11(4)13-16-17-14(19-13)18-8-6-12(7-9-18)10(2)3/h10-12,15H,5-9H2,1-4H3.